The largest absolute Gasteiger partial charge is 0.480 e. The normalized spacial score (nSPS) is 18.6. The van der Waals surface area contributed by atoms with Gasteiger partial charge in [0.25, 0.3) is 5.91 Å². The standard InChI is InChI=1S/C14H16N2O3S2/c1-3-5-10(13(18)19)16-12(17)11(21-14(16)20)8-9-6-4-7-15(9)2/h4,6-8,10H,3,5H2,1-2H3,(H,18,19)/b11-8-. The van der Waals surface area contributed by atoms with Crippen molar-refractivity contribution in [2.75, 3.05) is 0 Å². The van der Waals surface area contributed by atoms with Crippen LogP contribution in [0.2, 0.25) is 0 Å². The molecule has 1 aromatic rings. The average Bonchev–Trinajstić information content (AvgIpc) is 2.93. The Kier molecular flexibility index (Phi) is 4.84. The van der Waals surface area contributed by atoms with Gasteiger partial charge < -0.3 is 9.67 Å². The highest BCUT2D eigenvalue weighted by Gasteiger charge is 2.39. The molecule has 0 radical (unpaired) electrons. The quantitative estimate of drug-likeness (QED) is 0.666. The number of rotatable bonds is 5. The van der Waals surface area contributed by atoms with Crippen molar-refractivity contribution in [3.8, 4) is 0 Å². The zero-order valence-electron chi connectivity index (χ0n) is 11.8. The van der Waals surface area contributed by atoms with E-state index in [1.54, 1.807) is 6.08 Å². The minimum Gasteiger partial charge on any atom is -0.480 e. The van der Waals surface area contributed by atoms with Crippen molar-refractivity contribution in [3.63, 3.8) is 0 Å². The second-order valence-corrected chi connectivity index (χ2v) is 6.41. The van der Waals surface area contributed by atoms with E-state index in [-0.39, 0.29) is 5.91 Å². The molecule has 21 heavy (non-hydrogen) atoms. The van der Waals surface area contributed by atoms with E-state index in [1.165, 1.54) is 4.90 Å². The molecule has 1 amide bonds. The van der Waals surface area contributed by atoms with Crippen molar-refractivity contribution in [2.45, 2.75) is 25.8 Å². The van der Waals surface area contributed by atoms with Crippen molar-refractivity contribution in [2.24, 2.45) is 7.05 Å². The second kappa shape index (κ2) is 6.44. The summed E-state index contributed by atoms with van der Waals surface area (Å²) in [4.78, 5) is 25.5. The number of thioether (sulfide) groups is 1. The van der Waals surface area contributed by atoms with Gasteiger partial charge in [-0.2, -0.15) is 0 Å². The van der Waals surface area contributed by atoms with Gasteiger partial charge >= 0.3 is 5.97 Å². The summed E-state index contributed by atoms with van der Waals surface area (Å²) in [6.45, 7) is 1.88. The molecule has 1 aliphatic heterocycles. The van der Waals surface area contributed by atoms with E-state index in [4.69, 9.17) is 12.2 Å². The van der Waals surface area contributed by atoms with Gasteiger partial charge in [-0.25, -0.2) is 4.79 Å². The maximum atomic E-state index is 12.5. The lowest BCUT2D eigenvalue weighted by atomic mass is 10.1. The summed E-state index contributed by atoms with van der Waals surface area (Å²) in [5.41, 5.74) is 0.873. The summed E-state index contributed by atoms with van der Waals surface area (Å²) in [7, 11) is 1.88. The Bertz CT molecular complexity index is 621. The number of aryl methyl sites for hydroxylation is 1. The average molecular weight is 324 g/mol. The lowest BCUT2D eigenvalue weighted by Crippen LogP contribution is -2.43. The van der Waals surface area contributed by atoms with Gasteiger partial charge in [0.1, 0.15) is 10.4 Å². The molecule has 1 atom stereocenters. The van der Waals surface area contributed by atoms with Crippen molar-refractivity contribution >= 4 is 46.3 Å². The summed E-state index contributed by atoms with van der Waals surface area (Å²) >= 11 is 6.34. The molecule has 0 spiro atoms. The molecule has 0 aliphatic carbocycles. The maximum absolute atomic E-state index is 12.5. The number of thiocarbonyl (C=S) groups is 1. The van der Waals surface area contributed by atoms with Crippen LogP contribution in [0.15, 0.2) is 23.2 Å². The number of carboxylic acid groups (broad SMARTS) is 1. The highest BCUT2D eigenvalue weighted by Crippen LogP contribution is 2.34. The van der Waals surface area contributed by atoms with Crippen molar-refractivity contribution in [1.29, 1.82) is 0 Å². The lowest BCUT2D eigenvalue weighted by Gasteiger charge is -2.22. The van der Waals surface area contributed by atoms with Crippen LogP contribution < -0.4 is 0 Å². The molecular weight excluding hydrogens is 308 g/mol. The molecule has 1 saturated heterocycles. The van der Waals surface area contributed by atoms with Crippen LogP contribution in [0.1, 0.15) is 25.5 Å². The maximum Gasteiger partial charge on any atom is 0.326 e. The molecule has 1 aromatic heterocycles. The molecule has 1 unspecified atom stereocenters. The summed E-state index contributed by atoms with van der Waals surface area (Å²) in [6.07, 6.45) is 4.68. The fraction of sp³-hybridized carbons (Fsp3) is 0.357. The fourth-order valence-corrected chi connectivity index (χ4v) is 3.48. The SMILES string of the molecule is CCCC(C(=O)O)N1C(=O)/C(=C/c2cccn2C)SC1=S. The van der Waals surface area contributed by atoms with E-state index in [2.05, 4.69) is 0 Å². The first-order valence-corrected chi connectivity index (χ1v) is 7.79. The molecule has 7 heteroatoms. The number of aliphatic carboxylic acids is 1. The second-order valence-electron chi connectivity index (χ2n) is 4.74. The number of hydrogen-bond acceptors (Lipinski definition) is 4. The molecule has 5 nitrogen and oxygen atoms in total. The zero-order valence-corrected chi connectivity index (χ0v) is 13.4. The molecule has 1 fully saturated rings. The number of hydrogen-bond donors (Lipinski definition) is 1. The van der Waals surface area contributed by atoms with Gasteiger partial charge in [-0.3, -0.25) is 9.69 Å². The Morgan fingerprint density at radius 2 is 2.29 bits per heavy atom. The molecule has 0 bridgehead atoms. The molecule has 0 saturated carbocycles. The van der Waals surface area contributed by atoms with Crippen molar-refractivity contribution in [1.82, 2.24) is 9.47 Å². The van der Waals surface area contributed by atoms with E-state index >= 15 is 0 Å². The van der Waals surface area contributed by atoms with E-state index in [0.717, 1.165) is 17.5 Å². The topological polar surface area (TPSA) is 62.5 Å². The van der Waals surface area contributed by atoms with E-state index in [0.29, 0.717) is 22.1 Å². The first-order valence-electron chi connectivity index (χ1n) is 6.57. The van der Waals surface area contributed by atoms with E-state index in [9.17, 15) is 14.7 Å². The number of carboxylic acids is 1. The monoisotopic (exact) mass is 324 g/mol. The van der Waals surface area contributed by atoms with Gasteiger partial charge in [-0.05, 0) is 24.6 Å². The first kappa shape index (κ1) is 15.8. The molecular formula is C14H16N2O3S2. The van der Waals surface area contributed by atoms with Crippen molar-refractivity contribution in [3.05, 3.63) is 28.9 Å². The van der Waals surface area contributed by atoms with E-state index < -0.39 is 12.0 Å². The summed E-state index contributed by atoms with van der Waals surface area (Å²) < 4.78 is 2.19. The molecule has 1 N–H and O–H groups in total. The number of carbonyl (C=O) groups excluding carboxylic acids is 1. The highest BCUT2D eigenvalue weighted by atomic mass is 32.2. The smallest absolute Gasteiger partial charge is 0.326 e. The summed E-state index contributed by atoms with van der Waals surface area (Å²) in [6, 6.07) is 2.87. The predicted molar refractivity (Wildman–Crippen MR) is 86.8 cm³/mol. The Morgan fingerprint density at radius 3 is 2.81 bits per heavy atom. The molecule has 0 aromatic carbocycles. The van der Waals surface area contributed by atoms with E-state index in [1.807, 2.05) is 36.9 Å². The Hall–Kier alpha value is -1.60. The number of carbonyl (C=O) groups is 2. The number of nitrogens with zero attached hydrogens (tertiary/aromatic N) is 2. The van der Waals surface area contributed by atoms with Gasteiger partial charge in [0.15, 0.2) is 0 Å². The van der Waals surface area contributed by atoms with Gasteiger partial charge in [0.2, 0.25) is 0 Å². The van der Waals surface area contributed by atoms with Crippen LogP contribution in [-0.4, -0.2) is 36.8 Å². The van der Waals surface area contributed by atoms with Crippen LogP contribution in [-0.2, 0) is 16.6 Å². The fourth-order valence-electron chi connectivity index (χ4n) is 2.14. The van der Waals surface area contributed by atoms with Crippen LogP contribution in [0.25, 0.3) is 6.08 Å². The zero-order chi connectivity index (χ0) is 15.6. The molecule has 112 valence electrons. The summed E-state index contributed by atoms with van der Waals surface area (Å²) in [5.74, 6) is -1.35. The van der Waals surface area contributed by atoms with Crippen LogP contribution >= 0.6 is 24.0 Å². The third kappa shape index (κ3) is 3.19. The molecule has 2 rings (SSSR count). The van der Waals surface area contributed by atoms with Crippen LogP contribution in [0.5, 0.6) is 0 Å². The van der Waals surface area contributed by atoms with Gasteiger partial charge in [0.05, 0.1) is 4.91 Å². The predicted octanol–water partition coefficient (Wildman–Crippen LogP) is 2.48. The van der Waals surface area contributed by atoms with Crippen molar-refractivity contribution < 1.29 is 14.7 Å². The Balaban J connectivity index is 2.30. The Labute approximate surface area is 132 Å². The number of aromatic nitrogens is 1. The third-order valence-electron chi connectivity index (χ3n) is 3.25. The third-order valence-corrected chi connectivity index (χ3v) is 4.58. The Morgan fingerprint density at radius 1 is 1.57 bits per heavy atom. The number of amides is 1. The highest BCUT2D eigenvalue weighted by molar-refractivity contribution is 8.26. The van der Waals surface area contributed by atoms with Gasteiger partial charge in [0, 0.05) is 18.9 Å². The van der Waals surface area contributed by atoms with Gasteiger partial charge in [-0.15, -0.1) is 0 Å². The van der Waals surface area contributed by atoms with Gasteiger partial charge in [-0.1, -0.05) is 37.3 Å². The summed E-state index contributed by atoms with van der Waals surface area (Å²) in [5, 5.41) is 9.30. The first-order chi connectivity index (χ1) is 9.95. The van der Waals surface area contributed by atoms with Crippen LogP contribution in [0, 0.1) is 0 Å². The molecule has 1 aliphatic rings. The minimum absolute atomic E-state index is 0.307. The van der Waals surface area contributed by atoms with Crippen LogP contribution in [0.3, 0.4) is 0 Å². The minimum atomic E-state index is -1.02. The lowest BCUT2D eigenvalue weighted by molar-refractivity contribution is -0.145. The van der Waals surface area contributed by atoms with Crippen LogP contribution in [0.4, 0.5) is 0 Å². The molecule has 2 heterocycles.